The molecule has 0 aliphatic heterocycles. The van der Waals surface area contributed by atoms with Crippen molar-refractivity contribution in [1.29, 1.82) is 0 Å². The first-order valence-corrected chi connectivity index (χ1v) is 6.83. The van der Waals surface area contributed by atoms with Crippen LogP contribution in [0.3, 0.4) is 0 Å². The summed E-state index contributed by atoms with van der Waals surface area (Å²) in [6, 6.07) is 1.92. The zero-order chi connectivity index (χ0) is 12.7. The van der Waals surface area contributed by atoms with E-state index in [1.54, 1.807) is 24.8 Å². The largest absolute Gasteiger partial charge is 0.360 e. The summed E-state index contributed by atoms with van der Waals surface area (Å²) in [5.74, 6) is 2.78. The Hall–Kier alpha value is -1.01. The number of nitrogens with two attached hydrogens (primary N) is 1. The van der Waals surface area contributed by atoms with Crippen LogP contribution in [0, 0.1) is 6.92 Å². The molecule has 5 nitrogen and oxygen atoms in total. The summed E-state index contributed by atoms with van der Waals surface area (Å²) in [5, 5.41) is 6.37. The summed E-state index contributed by atoms with van der Waals surface area (Å²) in [6.07, 6.45) is 1.43. The average Bonchev–Trinajstić information content (AvgIpc) is 2.69. The van der Waals surface area contributed by atoms with Gasteiger partial charge in [0.25, 0.3) is 0 Å². The Morgan fingerprint density at radius 1 is 1.71 bits per heavy atom. The van der Waals surface area contributed by atoms with E-state index in [4.69, 9.17) is 10.3 Å². The van der Waals surface area contributed by atoms with E-state index in [1.165, 1.54) is 0 Å². The Kier molecular flexibility index (Phi) is 6.07. The molecule has 0 saturated heterocycles. The normalized spacial score (nSPS) is 12.4. The van der Waals surface area contributed by atoms with E-state index in [2.05, 4.69) is 17.4 Å². The predicted octanol–water partition coefficient (Wildman–Crippen LogP) is 1.78. The topological polar surface area (TPSA) is 81.2 Å². The summed E-state index contributed by atoms with van der Waals surface area (Å²) in [4.78, 5) is 11.5. The Labute approximate surface area is 105 Å². The van der Waals surface area contributed by atoms with Gasteiger partial charge in [0.1, 0.15) is 5.76 Å². The van der Waals surface area contributed by atoms with E-state index in [-0.39, 0.29) is 11.9 Å². The average molecular weight is 257 g/mol. The van der Waals surface area contributed by atoms with Crippen LogP contribution in [0.1, 0.15) is 25.5 Å². The maximum absolute atomic E-state index is 11.5. The van der Waals surface area contributed by atoms with Crippen molar-refractivity contribution < 1.29 is 9.32 Å². The second-order valence-corrected chi connectivity index (χ2v) is 5.01. The van der Waals surface area contributed by atoms with Crippen LogP contribution < -0.4 is 11.1 Å². The van der Waals surface area contributed by atoms with Gasteiger partial charge in [0.05, 0.1) is 0 Å². The molecule has 0 radical (unpaired) electrons. The molecule has 3 N–H and O–H groups in total. The molecule has 1 aromatic rings. The number of rotatable bonds is 7. The van der Waals surface area contributed by atoms with Crippen molar-refractivity contribution in [1.82, 2.24) is 5.16 Å². The molecule has 0 aliphatic rings. The number of carbonyl (C=O) groups excluding carboxylic acids is 1. The molecule has 1 rings (SSSR count). The third-order valence-electron chi connectivity index (χ3n) is 2.23. The first-order chi connectivity index (χ1) is 8.11. The van der Waals surface area contributed by atoms with Gasteiger partial charge in [-0.15, -0.1) is 0 Å². The van der Waals surface area contributed by atoms with Crippen LogP contribution in [0.4, 0.5) is 5.82 Å². The van der Waals surface area contributed by atoms with E-state index in [0.717, 1.165) is 17.9 Å². The second-order valence-electron chi connectivity index (χ2n) is 3.86. The predicted molar refractivity (Wildman–Crippen MR) is 70.1 cm³/mol. The van der Waals surface area contributed by atoms with E-state index < -0.39 is 0 Å². The van der Waals surface area contributed by atoms with Gasteiger partial charge in [-0.2, -0.15) is 11.8 Å². The molecule has 1 aromatic heterocycles. The van der Waals surface area contributed by atoms with Gasteiger partial charge in [0, 0.05) is 30.0 Å². The summed E-state index contributed by atoms with van der Waals surface area (Å²) < 4.78 is 4.85. The summed E-state index contributed by atoms with van der Waals surface area (Å²) in [7, 11) is 0. The van der Waals surface area contributed by atoms with Crippen molar-refractivity contribution in [2.45, 2.75) is 32.7 Å². The van der Waals surface area contributed by atoms with Crippen LogP contribution in [0.2, 0.25) is 0 Å². The van der Waals surface area contributed by atoms with E-state index in [9.17, 15) is 4.79 Å². The summed E-state index contributed by atoms with van der Waals surface area (Å²) in [5.41, 5.74) is 5.77. The van der Waals surface area contributed by atoms with Gasteiger partial charge in [-0.3, -0.25) is 4.79 Å². The minimum atomic E-state index is -0.0455. The van der Waals surface area contributed by atoms with E-state index in [1.807, 2.05) is 0 Å². The molecule has 1 unspecified atom stereocenters. The van der Waals surface area contributed by atoms with Crippen molar-refractivity contribution in [3.05, 3.63) is 11.8 Å². The van der Waals surface area contributed by atoms with Crippen LogP contribution in [0.25, 0.3) is 0 Å². The fourth-order valence-electron chi connectivity index (χ4n) is 1.15. The minimum absolute atomic E-state index is 0.0455. The SMILES string of the molecule is CCC(N)CSCCC(=O)Nc1cc(C)on1. The lowest BCUT2D eigenvalue weighted by atomic mass is 10.3. The highest BCUT2D eigenvalue weighted by Gasteiger charge is 2.06. The summed E-state index contributed by atoms with van der Waals surface area (Å²) in [6.45, 7) is 3.84. The monoisotopic (exact) mass is 257 g/mol. The van der Waals surface area contributed by atoms with Crippen LogP contribution in [0.5, 0.6) is 0 Å². The zero-order valence-electron chi connectivity index (χ0n) is 10.2. The molecule has 1 atom stereocenters. The zero-order valence-corrected chi connectivity index (χ0v) is 11.0. The number of anilines is 1. The van der Waals surface area contributed by atoms with Crippen molar-refractivity contribution in [3.63, 3.8) is 0 Å². The van der Waals surface area contributed by atoms with Gasteiger partial charge < -0.3 is 15.6 Å². The van der Waals surface area contributed by atoms with Gasteiger partial charge in [-0.25, -0.2) is 0 Å². The number of carbonyl (C=O) groups is 1. The number of thioether (sulfide) groups is 1. The molecule has 0 aromatic carbocycles. The van der Waals surface area contributed by atoms with Crippen molar-refractivity contribution >= 4 is 23.5 Å². The van der Waals surface area contributed by atoms with E-state index in [0.29, 0.717) is 18.0 Å². The van der Waals surface area contributed by atoms with Crippen LogP contribution in [0.15, 0.2) is 10.6 Å². The highest BCUT2D eigenvalue weighted by Crippen LogP contribution is 2.09. The number of aryl methyl sites for hydroxylation is 1. The van der Waals surface area contributed by atoms with Crippen molar-refractivity contribution in [2.75, 3.05) is 16.8 Å². The summed E-state index contributed by atoms with van der Waals surface area (Å²) >= 11 is 1.70. The lowest BCUT2D eigenvalue weighted by molar-refractivity contribution is -0.115. The molecule has 0 spiro atoms. The van der Waals surface area contributed by atoms with Crippen LogP contribution in [-0.4, -0.2) is 28.6 Å². The van der Waals surface area contributed by atoms with Crippen molar-refractivity contribution in [3.8, 4) is 0 Å². The first-order valence-electron chi connectivity index (χ1n) is 5.68. The van der Waals surface area contributed by atoms with Gasteiger partial charge in [0.15, 0.2) is 5.82 Å². The first kappa shape index (κ1) is 14.1. The van der Waals surface area contributed by atoms with Crippen LogP contribution >= 0.6 is 11.8 Å². The number of hydrogen-bond donors (Lipinski definition) is 2. The smallest absolute Gasteiger partial charge is 0.226 e. The van der Waals surface area contributed by atoms with Crippen molar-refractivity contribution in [2.24, 2.45) is 5.73 Å². The third kappa shape index (κ3) is 5.74. The molecule has 6 heteroatoms. The second kappa shape index (κ2) is 7.34. The molecule has 17 heavy (non-hydrogen) atoms. The van der Waals surface area contributed by atoms with E-state index >= 15 is 0 Å². The number of nitrogens with zero attached hydrogens (tertiary/aromatic N) is 1. The van der Waals surface area contributed by atoms with Gasteiger partial charge in [0.2, 0.25) is 5.91 Å². The molecule has 0 saturated carbocycles. The molecule has 0 aliphatic carbocycles. The number of aromatic nitrogens is 1. The molecule has 1 heterocycles. The molecular formula is C11H19N3O2S. The molecular weight excluding hydrogens is 238 g/mol. The highest BCUT2D eigenvalue weighted by molar-refractivity contribution is 7.99. The van der Waals surface area contributed by atoms with Gasteiger partial charge in [-0.1, -0.05) is 12.1 Å². The lowest BCUT2D eigenvalue weighted by Gasteiger charge is -2.07. The molecule has 0 bridgehead atoms. The Bertz CT molecular complexity index is 354. The number of hydrogen-bond acceptors (Lipinski definition) is 5. The third-order valence-corrected chi connectivity index (χ3v) is 3.38. The number of amides is 1. The molecule has 96 valence electrons. The fraction of sp³-hybridized carbons (Fsp3) is 0.636. The highest BCUT2D eigenvalue weighted by atomic mass is 32.2. The van der Waals surface area contributed by atoms with Gasteiger partial charge in [-0.05, 0) is 13.3 Å². The lowest BCUT2D eigenvalue weighted by Crippen LogP contribution is -2.22. The van der Waals surface area contributed by atoms with Crippen LogP contribution in [-0.2, 0) is 4.79 Å². The molecule has 1 amide bonds. The van der Waals surface area contributed by atoms with Gasteiger partial charge >= 0.3 is 0 Å². The maximum Gasteiger partial charge on any atom is 0.226 e. The maximum atomic E-state index is 11.5. The quantitative estimate of drug-likeness (QED) is 0.728. The molecule has 0 fully saturated rings. The Morgan fingerprint density at radius 3 is 3.06 bits per heavy atom. The fourth-order valence-corrected chi connectivity index (χ4v) is 2.18. The minimum Gasteiger partial charge on any atom is -0.360 e. The Morgan fingerprint density at radius 2 is 2.47 bits per heavy atom. The Balaban J connectivity index is 2.13. The standard InChI is InChI=1S/C11H19N3O2S/c1-3-9(12)7-17-5-4-11(15)13-10-6-8(2)16-14-10/h6,9H,3-5,7,12H2,1-2H3,(H,13,14,15). The number of nitrogens with one attached hydrogen (secondary N) is 1.